The van der Waals surface area contributed by atoms with Crippen molar-refractivity contribution < 1.29 is 28.9 Å². The number of rotatable bonds is 7. The molecule has 0 aliphatic carbocycles. The number of nitro groups is 2. The summed E-state index contributed by atoms with van der Waals surface area (Å²) in [6.07, 6.45) is -0.668. The summed E-state index contributed by atoms with van der Waals surface area (Å²) in [7, 11) is 0. The summed E-state index contributed by atoms with van der Waals surface area (Å²) < 4.78 is 11.1. The third kappa shape index (κ3) is 5.36. The predicted octanol–water partition coefficient (Wildman–Crippen LogP) is 2.20. The lowest BCUT2D eigenvalue weighted by atomic mass is 10.1. The average molecular weight is 485 g/mol. The molecule has 4 rings (SSSR count). The molecule has 2 aromatic rings. The van der Waals surface area contributed by atoms with Crippen LogP contribution in [0.5, 0.6) is 5.75 Å². The largest absolute Gasteiger partial charge is 0.479 e. The third-order valence-corrected chi connectivity index (χ3v) is 5.76. The van der Waals surface area contributed by atoms with Crippen LogP contribution in [-0.4, -0.2) is 72.1 Å². The molecule has 1 N–H and O–H groups in total. The van der Waals surface area contributed by atoms with E-state index in [9.17, 15) is 29.8 Å². The Morgan fingerprint density at radius 1 is 1.06 bits per heavy atom. The van der Waals surface area contributed by atoms with Gasteiger partial charge >= 0.3 is 0 Å². The second kappa shape index (κ2) is 10.0. The van der Waals surface area contributed by atoms with E-state index in [2.05, 4.69) is 10.2 Å². The lowest BCUT2D eigenvalue weighted by Crippen LogP contribution is -2.48. The number of nitrogens with one attached hydrogen (secondary N) is 1. The standard InChI is InChI=1S/C22H23N5O8/c1-14-22(29)25(5-4-24-6-8-34-9-7-24)19-12-16(2-3-20(19)35-14)23-21(28)15-10-17(26(30)31)13-18(11-15)27(32)33/h2-3,10-14H,4-9H2,1H3,(H,23,28). The number of amides is 2. The molecule has 1 saturated heterocycles. The molecular weight excluding hydrogens is 462 g/mol. The average Bonchev–Trinajstić information content (AvgIpc) is 2.85. The first-order chi connectivity index (χ1) is 16.7. The van der Waals surface area contributed by atoms with Gasteiger partial charge in [0.25, 0.3) is 23.2 Å². The van der Waals surface area contributed by atoms with Crippen molar-refractivity contribution in [1.29, 1.82) is 0 Å². The number of anilines is 2. The maximum Gasteiger partial charge on any atom is 0.277 e. The Kier molecular flexibility index (Phi) is 6.89. The third-order valence-electron chi connectivity index (χ3n) is 5.76. The number of benzene rings is 2. The fraction of sp³-hybridized carbons (Fsp3) is 0.364. The molecule has 0 radical (unpaired) electrons. The van der Waals surface area contributed by atoms with Crippen molar-refractivity contribution in [2.24, 2.45) is 0 Å². The zero-order valence-corrected chi connectivity index (χ0v) is 18.8. The number of morpholine rings is 1. The number of carbonyl (C=O) groups is 2. The summed E-state index contributed by atoms with van der Waals surface area (Å²) in [6.45, 7) is 5.52. The summed E-state index contributed by atoms with van der Waals surface area (Å²) >= 11 is 0. The summed E-state index contributed by atoms with van der Waals surface area (Å²) in [5.41, 5.74) is -0.614. The highest BCUT2D eigenvalue weighted by Crippen LogP contribution is 2.36. The second-order valence-electron chi connectivity index (χ2n) is 8.09. The summed E-state index contributed by atoms with van der Waals surface area (Å²) in [6, 6.07) is 7.46. The molecule has 0 saturated carbocycles. The minimum atomic E-state index is -0.806. The van der Waals surface area contributed by atoms with Crippen LogP contribution in [0.25, 0.3) is 0 Å². The van der Waals surface area contributed by atoms with Gasteiger partial charge in [0.1, 0.15) is 5.75 Å². The van der Waals surface area contributed by atoms with Gasteiger partial charge < -0.3 is 19.7 Å². The van der Waals surface area contributed by atoms with E-state index in [4.69, 9.17) is 9.47 Å². The molecule has 2 aromatic carbocycles. The highest BCUT2D eigenvalue weighted by molar-refractivity contribution is 6.06. The summed E-state index contributed by atoms with van der Waals surface area (Å²) in [5.74, 6) is -0.514. The maximum absolute atomic E-state index is 12.9. The fourth-order valence-corrected chi connectivity index (χ4v) is 3.92. The molecular formula is C22H23N5O8. The highest BCUT2D eigenvalue weighted by atomic mass is 16.6. The molecule has 13 heteroatoms. The molecule has 1 atom stereocenters. The Bertz CT molecular complexity index is 1150. The molecule has 1 fully saturated rings. The van der Waals surface area contributed by atoms with Gasteiger partial charge in [0.05, 0.1) is 40.4 Å². The Hall–Kier alpha value is -4.10. The van der Waals surface area contributed by atoms with E-state index in [0.29, 0.717) is 43.4 Å². The van der Waals surface area contributed by atoms with Crippen LogP contribution < -0.4 is 15.0 Å². The summed E-state index contributed by atoms with van der Waals surface area (Å²) in [5, 5.41) is 24.8. The van der Waals surface area contributed by atoms with Gasteiger partial charge in [0.15, 0.2) is 6.10 Å². The van der Waals surface area contributed by atoms with Gasteiger partial charge in [-0.15, -0.1) is 0 Å². The van der Waals surface area contributed by atoms with E-state index in [-0.39, 0.29) is 11.5 Å². The fourth-order valence-electron chi connectivity index (χ4n) is 3.92. The lowest BCUT2D eigenvalue weighted by Gasteiger charge is -2.35. The van der Waals surface area contributed by atoms with E-state index in [1.54, 1.807) is 30.0 Å². The number of hydrogen-bond donors (Lipinski definition) is 1. The van der Waals surface area contributed by atoms with Gasteiger partial charge in [-0.3, -0.25) is 34.7 Å². The number of non-ortho nitro benzene ring substituents is 2. The molecule has 2 aliphatic heterocycles. The zero-order chi connectivity index (χ0) is 25.1. The van der Waals surface area contributed by atoms with Crippen LogP contribution in [0.2, 0.25) is 0 Å². The SMILES string of the molecule is CC1Oc2ccc(NC(=O)c3cc([N+](=O)[O-])cc([N+](=O)[O-])c3)cc2N(CCN2CCOCC2)C1=O. The Morgan fingerprint density at radius 3 is 2.34 bits per heavy atom. The maximum atomic E-state index is 12.9. The van der Waals surface area contributed by atoms with Gasteiger partial charge in [-0.25, -0.2) is 0 Å². The van der Waals surface area contributed by atoms with Crippen LogP contribution in [0, 0.1) is 20.2 Å². The van der Waals surface area contributed by atoms with Crippen LogP contribution in [0.1, 0.15) is 17.3 Å². The molecule has 13 nitrogen and oxygen atoms in total. The van der Waals surface area contributed by atoms with Crippen molar-refractivity contribution in [2.75, 3.05) is 49.6 Å². The number of fused-ring (bicyclic) bond motifs is 1. The van der Waals surface area contributed by atoms with Crippen molar-refractivity contribution in [3.05, 3.63) is 62.2 Å². The van der Waals surface area contributed by atoms with Crippen molar-refractivity contribution in [3.8, 4) is 5.75 Å². The summed E-state index contributed by atoms with van der Waals surface area (Å²) in [4.78, 5) is 50.1. The molecule has 184 valence electrons. The van der Waals surface area contributed by atoms with Crippen LogP contribution in [0.4, 0.5) is 22.7 Å². The van der Waals surface area contributed by atoms with Crippen molar-refractivity contribution in [2.45, 2.75) is 13.0 Å². The van der Waals surface area contributed by atoms with E-state index < -0.39 is 33.2 Å². The molecule has 0 bridgehead atoms. The van der Waals surface area contributed by atoms with E-state index >= 15 is 0 Å². The number of nitrogens with zero attached hydrogens (tertiary/aromatic N) is 4. The van der Waals surface area contributed by atoms with Crippen LogP contribution in [0.3, 0.4) is 0 Å². The van der Waals surface area contributed by atoms with Crippen molar-refractivity contribution in [3.63, 3.8) is 0 Å². The molecule has 0 aromatic heterocycles. The quantitative estimate of drug-likeness (QED) is 0.458. The topological polar surface area (TPSA) is 157 Å². The smallest absolute Gasteiger partial charge is 0.277 e. The first kappa shape index (κ1) is 24.0. The number of hydrogen-bond acceptors (Lipinski definition) is 9. The minimum absolute atomic E-state index is 0.219. The van der Waals surface area contributed by atoms with Crippen LogP contribution in [0.15, 0.2) is 36.4 Å². The van der Waals surface area contributed by atoms with E-state index in [0.717, 1.165) is 31.3 Å². The number of carbonyl (C=O) groups excluding carboxylic acids is 2. The molecule has 2 heterocycles. The molecule has 0 spiro atoms. The monoisotopic (exact) mass is 485 g/mol. The Labute approximate surface area is 199 Å². The van der Waals surface area contributed by atoms with Gasteiger partial charge in [-0.1, -0.05) is 0 Å². The molecule has 35 heavy (non-hydrogen) atoms. The van der Waals surface area contributed by atoms with Gasteiger partial charge in [0.2, 0.25) is 0 Å². The molecule has 2 amide bonds. The Balaban J connectivity index is 1.57. The highest BCUT2D eigenvalue weighted by Gasteiger charge is 2.32. The Morgan fingerprint density at radius 2 is 1.71 bits per heavy atom. The van der Waals surface area contributed by atoms with Crippen LogP contribution >= 0.6 is 0 Å². The molecule has 2 aliphatic rings. The molecule has 1 unspecified atom stereocenters. The van der Waals surface area contributed by atoms with Gasteiger partial charge in [-0.2, -0.15) is 0 Å². The van der Waals surface area contributed by atoms with Gasteiger partial charge in [-0.05, 0) is 25.1 Å². The predicted molar refractivity (Wildman–Crippen MR) is 124 cm³/mol. The van der Waals surface area contributed by atoms with Gasteiger partial charge in [0, 0.05) is 44.0 Å². The van der Waals surface area contributed by atoms with Crippen molar-refractivity contribution in [1.82, 2.24) is 4.90 Å². The number of ether oxygens (including phenoxy) is 2. The zero-order valence-electron chi connectivity index (χ0n) is 18.8. The van der Waals surface area contributed by atoms with Crippen LogP contribution in [-0.2, 0) is 9.53 Å². The first-order valence-corrected chi connectivity index (χ1v) is 10.9. The normalized spacial score (nSPS) is 17.9. The van der Waals surface area contributed by atoms with E-state index in [1.165, 1.54) is 0 Å². The van der Waals surface area contributed by atoms with E-state index in [1.807, 2.05) is 0 Å². The second-order valence-corrected chi connectivity index (χ2v) is 8.09. The first-order valence-electron chi connectivity index (χ1n) is 10.9. The lowest BCUT2D eigenvalue weighted by molar-refractivity contribution is -0.394. The van der Waals surface area contributed by atoms with Crippen molar-refractivity contribution >= 4 is 34.6 Å². The number of nitro benzene ring substituents is 2. The minimum Gasteiger partial charge on any atom is -0.479 e.